The summed E-state index contributed by atoms with van der Waals surface area (Å²) in [7, 11) is 0. The van der Waals surface area contributed by atoms with Crippen LogP contribution in [0, 0.1) is 11.6 Å². The third-order valence-corrected chi connectivity index (χ3v) is 3.39. The monoisotopic (exact) mass is 377 g/mol. The molecular formula is C12H7Br2F2NO. The lowest BCUT2D eigenvalue weighted by atomic mass is 10.3. The first kappa shape index (κ1) is 13.3. The first-order valence-electron chi connectivity index (χ1n) is 4.85. The molecule has 2 nitrogen and oxygen atoms in total. The maximum Gasteiger partial charge on any atom is 0.153 e. The van der Waals surface area contributed by atoms with Crippen molar-refractivity contribution in [3.63, 3.8) is 0 Å². The van der Waals surface area contributed by atoms with Crippen LogP contribution in [0.1, 0.15) is 0 Å². The molecule has 94 valence electrons. The first-order chi connectivity index (χ1) is 8.47. The van der Waals surface area contributed by atoms with Crippen molar-refractivity contribution in [2.24, 2.45) is 0 Å². The third kappa shape index (κ3) is 2.81. The van der Waals surface area contributed by atoms with Gasteiger partial charge in [-0.15, -0.1) is 0 Å². The highest BCUT2D eigenvalue weighted by Gasteiger charge is 2.10. The van der Waals surface area contributed by atoms with Crippen molar-refractivity contribution in [1.82, 2.24) is 0 Å². The quantitative estimate of drug-likeness (QED) is 0.757. The van der Waals surface area contributed by atoms with E-state index in [1.54, 1.807) is 0 Å². The molecule has 0 heterocycles. The van der Waals surface area contributed by atoms with E-state index >= 15 is 0 Å². The van der Waals surface area contributed by atoms with Crippen LogP contribution in [-0.4, -0.2) is 0 Å². The van der Waals surface area contributed by atoms with Gasteiger partial charge in [-0.25, -0.2) is 8.78 Å². The van der Waals surface area contributed by atoms with Crippen molar-refractivity contribution in [1.29, 1.82) is 0 Å². The minimum absolute atomic E-state index is 0.169. The Bertz CT molecular complexity index is 605. The fourth-order valence-corrected chi connectivity index (χ4v) is 2.10. The lowest BCUT2D eigenvalue weighted by molar-refractivity contribution is 0.473. The Hall–Kier alpha value is -1.14. The molecule has 0 saturated heterocycles. The van der Waals surface area contributed by atoms with Crippen molar-refractivity contribution < 1.29 is 13.5 Å². The fraction of sp³-hybridized carbons (Fsp3) is 0. The first-order valence-corrected chi connectivity index (χ1v) is 6.43. The molecule has 0 aliphatic rings. The minimum Gasteiger partial charge on any atom is -0.454 e. The molecule has 2 aromatic carbocycles. The maximum atomic E-state index is 13.4. The Morgan fingerprint density at radius 1 is 0.944 bits per heavy atom. The highest BCUT2D eigenvalue weighted by molar-refractivity contribution is 9.10. The standard InChI is InChI=1S/C12H7Br2F2NO/c13-7-4-10(17)12(5-9(7)16)18-11-2-1-6(15)3-8(11)14/h1-5H,17H2. The van der Waals surface area contributed by atoms with Crippen LogP contribution in [0.4, 0.5) is 14.5 Å². The minimum atomic E-state index is -0.488. The van der Waals surface area contributed by atoms with E-state index in [9.17, 15) is 8.78 Å². The highest BCUT2D eigenvalue weighted by Crippen LogP contribution is 2.35. The van der Waals surface area contributed by atoms with Gasteiger partial charge in [0.1, 0.15) is 17.4 Å². The van der Waals surface area contributed by atoms with E-state index in [-0.39, 0.29) is 15.9 Å². The van der Waals surface area contributed by atoms with Gasteiger partial charge < -0.3 is 10.5 Å². The van der Waals surface area contributed by atoms with Gasteiger partial charge in [0.15, 0.2) is 5.75 Å². The molecular weight excluding hydrogens is 372 g/mol. The van der Waals surface area contributed by atoms with Crippen LogP contribution in [0.3, 0.4) is 0 Å². The lowest BCUT2D eigenvalue weighted by Gasteiger charge is -2.10. The lowest BCUT2D eigenvalue weighted by Crippen LogP contribution is -1.94. The van der Waals surface area contributed by atoms with Gasteiger partial charge in [-0.3, -0.25) is 0 Å². The van der Waals surface area contributed by atoms with Crippen molar-refractivity contribution in [2.45, 2.75) is 0 Å². The molecule has 0 fully saturated rings. The summed E-state index contributed by atoms with van der Waals surface area (Å²) in [6.07, 6.45) is 0. The molecule has 6 heteroatoms. The summed E-state index contributed by atoms with van der Waals surface area (Å²) >= 11 is 6.17. The third-order valence-electron chi connectivity index (χ3n) is 2.17. The molecule has 0 atom stereocenters. The second-order valence-corrected chi connectivity index (χ2v) is 5.19. The second kappa shape index (κ2) is 5.24. The van der Waals surface area contributed by atoms with Gasteiger partial charge in [0.2, 0.25) is 0 Å². The SMILES string of the molecule is Nc1cc(Br)c(F)cc1Oc1ccc(F)cc1Br. The summed E-state index contributed by atoms with van der Waals surface area (Å²) in [5.41, 5.74) is 5.98. The summed E-state index contributed by atoms with van der Waals surface area (Å²) in [4.78, 5) is 0. The smallest absolute Gasteiger partial charge is 0.153 e. The van der Waals surface area contributed by atoms with E-state index in [0.29, 0.717) is 10.2 Å². The number of hydrogen-bond acceptors (Lipinski definition) is 2. The number of benzene rings is 2. The second-order valence-electron chi connectivity index (χ2n) is 3.48. The Morgan fingerprint density at radius 2 is 1.67 bits per heavy atom. The molecule has 0 aliphatic heterocycles. The average molecular weight is 379 g/mol. The zero-order valence-corrected chi connectivity index (χ0v) is 12.1. The number of halogens is 4. The van der Waals surface area contributed by atoms with Crippen LogP contribution in [0.15, 0.2) is 39.3 Å². The van der Waals surface area contributed by atoms with Gasteiger partial charge in [-0.2, -0.15) is 0 Å². The molecule has 2 rings (SSSR count). The van der Waals surface area contributed by atoms with Gasteiger partial charge in [-0.05, 0) is 56.1 Å². The van der Waals surface area contributed by atoms with Gasteiger partial charge in [-0.1, -0.05) is 0 Å². The Kier molecular flexibility index (Phi) is 3.87. The van der Waals surface area contributed by atoms with Gasteiger partial charge in [0, 0.05) is 6.07 Å². The number of nitrogen functional groups attached to an aromatic ring is 1. The maximum absolute atomic E-state index is 13.4. The number of ether oxygens (including phenoxy) is 1. The Balaban J connectivity index is 2.37. The zero-order chi connectivity index (χ0) is 13.3. The summed E-state index contributed by atoms with van der Waals surface area (Å²) in [6.45, 7) is 0. The van der Waals surface area contributed by atoms with Crippen LogP contribution in [-0.2, 0) is 0 Å². The summed E-state index contributed by atoms with van der Waals surface area (Å²) in [5.74, 6) is -0.366. The summed E-state index contributed by atoms with van der Waals surface area (Å²) in [6, 6.07) is 6.49. The molecule has 0 aromatic heterocycles. The highest BCUT2D eigenvalue weighted by atomic mass is 79.9. The summed E-state index contributed by atoms with van der Waals surface area (Å²) < 4.78 is 32.4. The number of hydrogen-bond donors (Lipinski definition) is 1. The van der Waals surface area contributed by atoms with Crippen LogP contribution in [0.2, 0.25) is 0 Å². The molecule has 0 radical (unpaired) electrons. The largest absolute Gasteiger partial charge is 0.454 e. The topological polar surface area (TPSA) is 35.2 Å². The normalized spacial score (nSPS) is 10.4. The van der Waals surface area contributed by atoms with E-state index in [1.165, 1.54) is 24.3 Å². The number of rotatable bonds is 2. The fourth-order valence-electron chi connectivity index (χ4n) is 1.31. The summed E-state index contributed by atoms with van der Waals surface area (Å²) in [5, 5.41) is 0. The molecule has 0 bridgehead atoms. The predicted octanol–water partition coefficient (Wildman–Crippen LogP) is 4.86. The molecule has 2 N–H and O–H groups in total. The number of nitrogens with two attached hydrogens (primary N) is 1. The van der Waals surface area contributed by atoms with Crippen LogP contribution in [0.5, 0.6) is 11.5 Å². The molecule has 0 amide bonds. The predicted molar refractivity (Wildman–Crippen MR) is 72.7 cm³/mol. The average Bonchev–Trinajstić information content (AvgIpc) is 2.29. The van der Waals surface area contributed by atoms with E-state index in [0.717, 1.165) is 6.07 Å². The van der Waals surface area contributed by atoms with E-state index in [1.807, 2.05) is 0 Å². The van der Waals surface area contributed by atoms with E-state index in [4.69, 9.17) is 10.5 Å². The van der Waals surface area contributed by atoms with Gasteiger partial charge in [0.25, 0.3) is 0 Å². The van der Waals surface area contributed by atoms with E-state index in [2.05, 4.69) is 31.9 Å². The van der Waals surface area contributed by atoms with Crippen LogP contribution < -0.4 is 10.5 Å². The van der Waals surface area contributed by atoms with Crippen molar-refractivity contribution in [2.75, 3.05) is 5.73 Å². The Labute approximate surface area is 119 Å². The van der Waals surface area contributed by atoms with Crippen LogP contribution >= 0.6 is 31.9 Å². The molecule has 18 heavy (non-hydrogen) atoms. The van der Waals surface area contributed by atoms with Crippen molar-refractivity contribution in [3.8, 4) is 11.5 Å². The molecule has 0 unspecified atom stereocenters. The zero-order valence-electron chi connectivity index (χ0n) is 8.88. The van der Waals surface area contributed by atoms with Crippen molar-refractivity contribution >= 4 is 37.5 Å². The van der Waals surface area contributed by atoms with Crippen molar-refractivity contribution in [3.05, 3.63) is 50.9 Å². The molecule has 0 saturated carbocycles. The number of anilines is 1. The van der Waals surface area contributed by atoms with E-state index < -0.39 is 11.6 Å². The molecule has 0 aliphatic carbocycles. The molecule has 2 aromatic rings. The van der Waals surface area contributed by atoms with Crippen LogP contribution in [0.25, 0.3) is 0 Å². The Morgan fingerprint density at radius 3 is 2.33 bits per heavy atom. The van der Waals surface area contributed by atoms with Gasteiger partial charge in [0.05, 0.1) is 14.6 Å². The van der Waals surface area contributed by atoms with Gasteiger partial charge >= 0.3 is 0 Å². The molecule has 0 spiro atoms.